The summed E-state index contributed by atoms with van der Waals surface area (Å²) in [4.78, 5) is 0. The summed E-state index contributed by atoms with van der Waals surface area (Å²) in [6.45, 7) is 1.93. The maximum Gasteiger partial charge on any atom is 0.143 e. The first-order valence-electron chi connectivity index (χ1n) is 4.90. The molecule has 1 heterocycles. The number of nitrogens with two attached hydrogens (primary N) is 1. The molecule has 17 heavy (non-hydrogen) atoms. The van der Waals surface area contributed by atoms with Gasteiger partial charge in [0.15, 0.2) is 0 Å². The zero-order valence-electron chi connectivity index (χ0n) is 9.34. The average Bonchev–Trinajstić information content (AvgIpc) is 2.71. The number of rotatable bonds is 3. The number of hydrogen-bond donors (Lipinski definition) is 2. The van der Waals surface area contributed by atoms with E-state index in [1.54, 1.807) is 6.07 Å². The van der Waals surface area contributed by atoms with Crippen LogP contribution in [0.25, 0.3) is 0 Å². The Balaban J connectivity index is 0.00000144. The molecule has 0 saturated carbocycles. The Morgan fingerprint density at radius 2 is 2.12 bits per heavy atom. The Bertz CT molecular complexity index is 499. The predicted molar refractivity (Wildman–Crippen MR) is 73.2 cm³/mol. The van der Waals surface area contributed by atoms with Crippen LogP contribution in [0.1, 0.15) is 11.1 Å². The fraction of sp³-hybridized carbons (Fsp3) is 0.167. The predicted octanol–water partition coefficient (Wildman–Crippen LogP) is 3.35. The fourth-order valence-corrected chi connectivity index (χ4v) is 2.07. The van der Waals surface area contributed by atoms with Crippen LogP contribution in [0, 0.1) is 6.92 Å². The van der Waals surface area contributed by atoms with Gasteiger partial charge in [-0.1, -0.05) is 6.07 Å². The summed E-state index contributed by atoms with van der Waals surface area (Å²) < 4.78 is 5.65. The number of ether oxygens (including phenoxy) is 1. The first-order chi connectivity index (χ1) is 7.70. The van der Waals surface area contributed by atoms with Crippen molar-refractivity contribution in [3.05, 3.63) is 40.1 Å². The quantitative estimate of drug-likeness (QED) is 0.842. The SMILES string of the molecule is Cc1ccc(Oc2cscc2CO)cc1N.Cl. The topological polar surface area (TPSA) is 55.5 Å². The first kappa shape index (κ1) is 13.8. The highest BCUT2D eigenvalue weighted by Gasteiger charge is 2.06. The molecular weight excluding hydrogens is 258 g/mol. The minimum Gasteiger partial charge on any atom is -0.456 e. The maximum absolute atomic E-state index is 9.09. The molecule has 3 nitrogen and oxygen atoms in total. The Morgan fingerprint density at radius 3 is 2.76 bits per heavy atom. The highest BCUT2D eigenvalue weighted by Crippen LogP contribution is 2.30. The molecule has 0 fully saturated rings. The minimum absolute atomic E-state index is 0. The molecule has 3 N–H and O–H groups in total. The van der Waals surface area contributed by atoms with Crippen molar-refractivity contribution >= 4 is 29.4 Å². The number of aliphatic hydroxyl groups excluding tert-OH is 1. The summed E-state index contributed by atoms with van der Waals surface area (Å²) in [6, 6.07) is 5.56. The number of nitrogen functional groups attached to an aromatic ring is 1. The summed E-state index contributed by atoms with van der Waals surface area (Å²) in [5.74, 6) is 1.38. The molecule has 0 saturated heterocycles. The molecule has 5 heteroatoms. The van der Waals surface area contributed by atoms with Crippen molar-refractivity contribution in [3.8, 4) is 11.5 Å². The van der Waals surface area contributed by atoms with Crippen molar-refractivity contribution in [2.24, 2.45) is 0 Å². The van der Waals surface area contributed by atoms with Gasteiger partial charge in [-0.15, -0.1) is 23.7 Å². The maximum atomic E-state index is 9.09. The smallest absolute Gasteiger partial charge is 0.143 e. The van der Waals surface area contributed by atoms with E-state index in [-0.39, 0.29) is 19.0 Å². The van der Waals surface area contributed by atoms with Gasteiger partial charge in [-0.05, 0) is 18.6 Å². The standard InChI is InChI=1S/C12H13NO2S.ClH/c1-8-2-3-10(4-11(8)13)15-12-7-16-6-9(12)5-14;/h2-4,6-7,14H,5,13H2,1H3;1H. The summed E-state index contributed by atoms with van der Waals surface area (Å²) in [5, 5.41) is 12.8. The molecule has 1 aromatic heterocycles. The number of benzene rings is 1. The lowest BCUT2D eigenvalue weighted by atomic mass is 10.2. The molecule has 0 unspecified atom stereocenters. The molecule has 0 aliphatic heterocycles. The van der Waals surface area contributed by atoms with Crippen LogP contribution in [-0.4, -0.2) is 5.11 Å². The molecule has 0 bridgehead atoms. The third kappa shape index (κ3) is 3.12. The van der Waals surface area contributed by atoms with E-state index in [0.29, 0.717) is 17.2 Å². The fourth-order valence-electron chi connectivity index (χ4n) is 1.33. The zero-order chi connectivity index (χ0) is 11.5. The largest absolute Gasteiger partial charge is 0.456 e. The van der Waals surface area contributed by atoms with Crippen LogP contribution in [0.5, 0.6) is 11.5 Å². The van der Waals surface area contributed by atoms with Crippen LogP contribution in [0.2, 0.25) is 0 Å². The monoisotopic (exact) mass is 271 g/mol. The average molecular weight is 272 g/mol. The summed E-state index contributed by atoms with van der Waals surface area (Å²) in [7, 11) is 0. The Hall–Kier alpha value is -1.23. The van der Waals surface area contributed by atoms with Crippen LogP contribution >= 0.6 is 23.7 Å². The van der Waals surface area contributed by atoms with Crippen LogP contribution in [0.3, 0.4) is 0 Å². The Labute approximate surface area is 110 Å². The van der Waals surface area contributed by atoms with Gasteiger partial charge in [0.2, 0.25) is 0 Å². The molecule has 0 spiro atoms. The van der Waals surface area contributed by atoms with Crippen molar-refractivity contribution < 1.29 is 9.84 Å². The second-order valence-electron chi connectivity index (χ2n) is 3.54. The van der Waals surface area contributed by atoms with E-state index in [1.165, 1.54) is 11.3 Å². The van der Waals surface area contributed by atoms with Gasteiger partial charge in [-0.25, -0.2) is 0 Å². The van der Waals surface area contributed by atoms with Crippen molar-refractivity contribution in [2.75, 3.05) is 5.73 Å². The van der Waals surface area contributed by atoms with Gasteiger partial charge in [0, 0.05) is 28.1 Å². The lowest BCUT2D eigenvalue weighted by Gasteiger charge is -2.07. The van der Waals surface area contributed by atoms with Gasteiger partial charge in [0.1, 0.15) is 11.5 Å². The van der Waals surface area contributed by atoms with Crippen molar-refractivity contribution in [1.82, 2.24) is 0 Å². The molecule has 2 rings (SSSR count). The van der Waals surface area contributed by atoms with Crippen LogP contribution < -0.4 is 10.5 Å². The molecule has 0 aliphatic carbocycles. The third-order valence-corrected chi connectivity index (χ3v) is 3.12. The van der Waals surface area contributed by atoms with Gasteiger partial charge < -0.3 is 15.6 Å². The van der Waals surface area contributed by atoms with Gasteiger partial charge in [0.25, 0.3) is 0 Å². The zero-order valence-corrected chi connectivity index (χ0v) is 11.0. The molecule has 0 atom stereocenters. The van der Waals surface area contributed by atoms with E-state index in [0.717, 1.165) is 11.1 Å². The second-order valence-corrected chi connectivity index (χ2v) is 4.28. The number of aliphatic hydroxyl groups is 1. The number of anilines is 1. The molecule has 0 radical (unpaired) electrons. The minimum atomic E-state index is -0.0137. The normalized spacial score (nSPS) is 9.76. The summed E-state index contributed by atoms with van der Waals surface area (Å²) in [6.07, 6.45) is 0. The summed E-state index contributed by atoms with van der Waals surface area (Å²) in [5.41, 5.74) is 8.32. The lowest BCUT2D eigenvalue weighted by molar-refractivity contribution is 0.277. The highest BCUT2D eigenvalue weighted by molar-refractivity contribution is 7.08. The van der Waals surface area contributed by atoms with Crippen molar-refractivity contribution in [3.63, 3.8) is 0 Å². The van der Waals surface area contributed by atoms with E-state index in [1.807, 2.05) is 29.8 Å². The molecule has 0 aliphatic rings. The summed E-state index contributed by atoms with van der Waals surface area (Å²) >= 11 is 1.50. The Kier molecular flexibility index (Phi) is 4.81. The van der Waals surface area contributed by atoms with Gasteiger partial charge >= 0.3 is 0 Å². The number of aryl methyl sites for hydroxylation is 1. The molecule has 1 aromatic carbocycles. The van der Waals surface area contributed by atoms with Crippen molar-refractivity contribution in [1.29, 1.82) is 0 Å². The van der Waals surface area contributed by atoms with Gasteiger partial charge in [0.05, 0.1) is 6.61 Å². The molecule has 92 valence electrons. The molecule has 0 amide bonds. The number of halogens is 1. The van der Waals surface area contributed by atoms with E-state index in [9.17, 15) is 0 Å². The van der Waals surface area contributed by atoms with Crippen LogP contribution in [0.15, 0.2) is 29.0 Å². The van der Waals surface area contributed by atoms with E-state index < -0.39 is 0 Å². The number of thiophene rings is 1. The Morgan fingerprint density at radius 1 is 1.35 bits per heavy atom. The third-order valence-electron chi connectivity index (χ3n) is 2.35. The molecule has 2 aromatic rings. The number of hydrogen-bond acceptors (Lipinski definition) is 4. The van der Waals surface area contributed by atoms with Crippen LogP contribution in [0.4, 0.5) is 5.69 Å². The first-order valence-corrected chi connectivity index (χ1v) is 5.85. The van der Waals surface area contributed by atoms with Gasteiger partial charge in [-0.2, -0.15) is 0 Å². The second kappa shape index (κ2) is 5.91. The van der Waals surface area contributed by atoms with Gasteiger partial charge in [-0.3, -0.25) is 0 Å². The highest BCUT2D eigenvalue weighted by atomic mass is 35.5. The van der Waals surface area contributed by atoms with E-state index in [2.05, 4.69) is 0 Å². The van der Waals surface area contributed by atoms with E-state index >= 15 is 0 Å². The van der Waals surface area contributed by atoms with Crippen LogP contribution in [-0.2, 0) is 6.61 Å². The lowest BCUT2D eigenvalue weighted by Crippen LogP contribution is -1.92. The van der Waals surface area contributed by atoms with Crippen molar-refractivity contribution in [2.45, 2.75) is 13.5 Å². The van der Waals surface area contributed by atoms with E-state index in [4.69, 9.17) is 15.6 Å². The molecular formula is C12H14ClNO2S.